The van der Waals surface area contributed by atoms with E-state index in [0.717, 1.165) is 5.56 Å². The van der Waals surface area contributed by atoms with E-state index in [1.54, 1.807) is 23.5 Å². The van der Waals surface area contributed by atoms with Crippen LogP contribution < -0.4 is 5.73 Å². The number of hydrogen-bond donors (Lipinski definition) is 3. The number of hydrogen-bond acceptors (Lipinski definition) is 4. The summed E-state index contributed by atoms with van der Waals surface area (Å²) in [4.78, 5) is 0. The Morgan fingerprint density at radius 1 is 1.20 bits per heavy atom. The topological polar surface area (TPSA) is 66.5 Å². The lowest BCUT2D eigenvalue weighted by Crippen LogP contribution is -2.10. The smallest absolute Gasteiger partial charge is 0.162 e. The first-order valence-corrected chi connectivity index (χ1v) is 5.43. The number of para-hydroxylation sites is 1. The van der Waals surface area contributed by atoms with Crippen molar-refractivity contribution in [2.75, 3.05) is 0 Å². The molecule has 0 aliphatic heterocycles. The molecule has 78 valence electrons. The molecule has 0 saturated carbocycles. The highest BCUT2D eigenvalue weighted by Crippen LogP contribution is 2.34. The Bertz CT molecular complexity index is 454. The van der Waals surface area contributed by atoms with Crippen molar-refractivity contribution >= 4 is 11.3 Å². The second kappa shape index (κ2) is 3.92. The van der Waals surface area contributed by atoms with Crippen molar-refractivity contribution in [2.24, 2.45) is 5.73 Å². The standard InChI is InChI=1S/C11H11NO2S/c12-10(7-4-5-15-6-7)8-2-1-3-9(13)11(8)14/h1-6,10,13-14H,12H2/t10-/m1/s1. The van der Waals surface area contributed by atoms with Gasteiger partial charge in [0.15, 0.2) is 11.5 Å². The van der Waals surface area contributed by atoms with Gasteiger partial charge in [-0.05, 0) is 28.5 Å². The van der Waals surface area contributed by atoms with Crippen molar-refractivity contribution in [3.63, 3.8) is 0 Å². The van der Waals surface area contributed by atoms with Crippen LogP contribution in [0.5, 0.6) is 11.5 Å². The van der Waals surface area contributed by atoms with Gasteiger partial charge in [0.2, 0.25) is 0 Å². The van der Waals surface area contributed by atoms with Gasteiger partial charge in [-0.1, -0.05) is 12.1 Å². The lowest BCUT2D eigenvalue weighted by atomic mass is 10.0. The van der Waals surface area contributed by atoms with Gasteiger partial charge in [-0.25, -0.2) is 0 Å². The fourth-order valence-electron chi connectivity index (χ4n) is 1.43. The summed E-state index contributed by atoms with van der Waals surface area (Å²) in [6.45, 7) is 0. The van der Waals surface area contributed by atoms with E-state index in [1.807, 2.05) is 16.8 Å². The van der Waals surface area contributed by atoms with Gasteiger partial charge in [0.1, 0.15) is 0 Å². The summed E-state index contributed by atoms with van der Waals surface area (Å²) in [6.07, 6.45) is 0. The molecule has 0 spiro atoms. The van der Waals surface area contributed by atoms with Crippen LogP contribution in [0.4, 0.5) is 0 Å². The summed E-state index contributed by atoms with van der Waals surface area (Å²) in [5.74, 6) is -0.283. The molecule has 0 amide bonds. The molecular weight excluding hydrogens is 210 g/mol. The molecule has 1 aromatic heterocycles. The third-order valence-electron chi connectivity index (χ3n) is 2.28. The Balaban J connectivity index is 2.42. The molecule has 3 nitrogen and oxygen atoms in total. The molecule has 2 aromatic rings. The molecule has 0 saturated heterocycles. The van der Waals surface area contributed by atoms with E-state index in [2.05, 4.69) is 0 Å². The predicted octanol–water partition coefficient (Wildman–Crippen LogP) is 2.21. The molecular formula is C11H11NO2S. The molecule has 0 fully saturated rings. The quantitative estimate of drug-likeness (QED) is 0.681. The first kappa shape index (κ1) is 10.0. The normalized spacial score (nSPS) is 12.6. The minimum Gasteiger partial charge on any atom is -0.504 e. The van der Waals surface area contributed by atoms with Crippen molar-refractivity contribution in [3.8, 4) is 11.5 Å². The molecule has 2 rings (SSSR count). The lowest BCUT2D eigenvalue weighted by Gasteiger charge is -2.12. The van der Waals surface area contributed by atoms with Crippen LogP contribution in [0, 0.1) is 0 Å². The summed E-state index contributed by atoms with van der Waals surface area (Å²) in [5, 5.41) is 22.8. The largest absolute Gasteiger partial charge is 0.504 e. The lowest BCUT2D eigenvalue weighted by molar-refractivity contribution is 0.398. The first-order chi connectivity index (χ1) is 7.20. The summed E-state index contributed by atoms with van der Waals surface area (Å²) in [5.41, 5.74) is 7.43. The van der Waals surface area contributed by atoms with E-state index >= 15 is 0 Å². The second-order valence-electron chi connectivity index (χ2n) is 3.25. The van der Waals surface area contributed by atoms with E-state index in [9.17, 15) is 10.2 Å². The molecule has 1 aromatic carbocycles. The van der Waals surface area contributed by atoms with Crippen LogP contribution in [0.1, 0.15) is 17.2 Å². The zero-order chi connectivity index (χ0) is 10.8. The average Bonchev–Trinajstić information content (AvgIpc) is 2.74. The maximum atomic E-state index is 9.64. The molecule has 0 unspecified atom stereocenters. The first-order valence-electron chi connectivity index (χ1n) is 4.48. The Morgan fingerprint density at radius 3 is 2.67 bits per heavy atom. The highest BCUT2D eigenvalue weighted by atomic mass is 32.1. The van der Waals surface area contributed by atoms with Crippen molar-refractivity contribution in [2.45, 2.75) is 6.04 Å². The maximum Gasteiger partial charge on any atom is 0.162 e. The molecule has 0 bridgehead atoms. The third-order valence-corrected chi connectivity index (χ3v) is 2.98. The van der Waals surface area contributed by atoms with Crippen molar-refractivity contribution in [1.29, 1.82) is 0 Å². The molecule has 0 aliphatic rings. The van der Waals surface area contributed by atoms with Crippen LogP contribution in [0.25, 0.3) is 0 Å². The molecule has 0 radical (unpaired) electrons. The molecule has 4 N–H and O–H groups in total. The summed E-state index contributed by atoms with van der Waals surface area (Å²) in [7, 11) is 0. The maximum absolute atomic E-state index is 9.64. The Morgan fingerprint density at radius 2 is 2.00 bits per heavy atom. The van der Waals surface area contributed by atoms with Gasteiger partial charge in [-0.15, -0.1) is 0 Å². The zero-order valence-corrected chi connectivity index (χ0v) is 8.74. The van der Waals surface area contributed by atoms with Crippen molar-refractivity contribution in [1.82, 2.24) is 0 Å². The van der Waals surface area contributed by atoms with Gasteiger partial charge < -0.3 is 15.9 Å². The van der Waals surface area contributed by atoms with Crippen LogP contribution in [0.15, 0.2) is 35.0 Å². The number of nitrogens with two attached hydrogens (primary N) is 1. The predicted molar refractivity (Wildman–Crippen MR) is 60.1 cm³/mol. The molecule has 15 heavy (non-hydrogen) atoms. The Kier molecular flexibility index (Phi) is 2.62. The highest BCUT2D eigenvalue weighted by molar-refractivity contribution is 7.08. The van der Waals surface area contributed by atoms with Gasteiger partial charge in [0.25, 0.3) is 0 Å². The molecule has 1 heterocycles. The number of phenolic OH excluding ortho intramolecular Hbond substituents is 2. The highest BCUT2D eigenvalue weighted by Gasteiger charge is 2.15. The molecule has 1 atom stereocenters. The minimum atomic E-state index is -0.400. The van der Waals surface area contributed by atoms with Crippen LogP contribution in [-0.2, 0) is 0 Å². The van der Waals surface area contributed by atoms with E-state index < -0.39 is 6.04 Å². The van der Waals surface area contributed by atoms with Crippen LogP contribution in [0.3, 0.4) is 0 Å². The van der Waals surface area contributed by atoms with Gasteiger partial charge in [0, 0.05) is 5.56 Å². The second-order valence-corrected chi connectivity index (χ2v) is 4.03. The minimum absolute atomic E-state index is 0.141. The number of rotatable bonds is 2. The number of thiophene rings is 1. The number of phenols is 2. The SMILES string of the molecule is N[C@H](c1ccsc1)c1cccc(O)c1O. The fraction of sp³-hybridized carbons (Fsp3) is 0.0909. The summed E-state index contributed by atoms with van der Waals surface area (Å²) in [6, 6.07) is 6.30. The zero-order valence-electron chi connectivity index (χ0n) is 7.92. The van der Waals surface area contributed by atoms with Crippen LogP contribution in [-0.4, -0.2) is 10.2 Å². The fourth-order valence-corrected chi connectivity index (χ4v) is 2.13. The Labute approximate surface area is 91.4 Å². The van der Waals surface area contributed by atoms with E-state index in [-0.39, 0.29) is 11.5 Å². The molecule has 4 heteroatoms. The Hall–Kier alpha value is -1.52. The average molecular weight is 221 g/mol. The van der Waals surface area contributed by atoms with E-state index in [4.69, 9.17) is 5.73 Å². The third kappa shape index (κ3) is 1.82. The number of aromatic hydroxyl groups is 2. The molecule has 0 aliphatic carbocycles. The van der Waals surface area contributed by atoms with Gasteiger partial charge >= 0.3 is 0 Å². The van der Waals surface area contributed by atoms with Crippen molar-refractivity contribution in [3.05, 3.63) is 46.2 Å². The van der Waals surface area contributed by atoms with Gasteiger partial charge in [-0.3, -0.25) is 0 Å². The monoisotopic (exact) mass is 221 g/mol. The van der Waals surface area contributed by atoms with Crippen molar-refractivity contribution < 1.29 is 10.2 Å². The number of benzene rings is 1. The summed E-state index contributed by atoms with van der Waals surface area (Å²) < 4.78 is 0. The van der Waals surface area contributed by atoms with Crippen LogP contribution >= 0.6 is 11.3 Å². The van der Waals surface area contributed by atoms with Crippen LogP contribution in [0.2, 0.25) is 0 Å². The van der Waals surface area contributed by atoms with E-state index in [0.29, 0.717) is 5.56 Å². The summed E-state index contributed by atoms with van der Waals surface area (Å²) >= 11 is 1.55. The van der Waals surface area contributed by atoms with E-state index in [1.165, 1.54) is 6.07 Å². The van der Waals surface area contributed by atoms with Gasteiger partial charge in [-0.2, -0.15) is 11.3 Å². The van der Waals surface area contributed by atoms with Gasteiger partial charge in [0.05, 0.1) is 6.04 Å².